The molecule has 0 radical (unpaired) electrons. The summed E-state index contributed by atoms with van der Waals surface area (Å²) in [6, 6.07) is 0. The first-order valence-corrected chi connectivity index (χ1v) is 14.4. The van der Waals surface area contributed by atoms with Crippen LogP contribution in [0, 0.1) is 46.8 Å². The number of aliphatic hydroxyl groups is 4. The Bertz CT molecular complexity index is 655. The predicted octanol–water partition coefficient (Wildman–Crippen LogP) is 5.72. The Morgan fingerprint density at radius 2 is 1.76 bits per heavy atom. The smallest absolute Gasteiger partial charge is 0.0624 e. The number of hydrogen-bond donors (Lipinski definition) is 4. The summed E-state index contributed by atoms with van der Waals surface area (Å²) in [6.07, 6.45) is 15.6. The van der Waals surface area contributed by atoms with Gasteiger partial charge in [-0.25, -0.2) is 0 Å². The number of hydrogen-bond acceptors (Lipinski definition) is 4. The molecule has 0 aromatic heterocycles. The van der Waals surface area contributed by atoms with E-state index < -0.39 is 17.8 Å². The Balaban J connectivity index is 1.61. The van der Waals surface area contributed by atoms with Crippen LogP contribution in [0.4, 0.5) is 0 Å². The van der Waals surface area contributed by atoms with Crippen molar-refractivity contribution in [3.05, 3.63) is 12.2 Å². The van der Waals surface area contributed by atoms with E-state index in [9.17, 15) is 15.3 Å². The maximum atomic E-state index is 10.9. The normalized spacial score (nSPS) is 42.1. The molecule has 198 valence electrons. The van der Waals surface area contributed by atoms with Gasteiger partial charge in [0.2, 0.25) is 0 Å². The molecule has 0 spiro atoms. The maximum Gasteiger partial charge on any atom is 0.0624 e. The summed E-state index contributed by atoms with van der Waals surface area (Å²) in [7, 11) is 0. The molecule has 4 heteroatoms. The van der Waals surface area contributed by atoms with Gasteiger partial charge in [0.15, 0.2) is 0 Å². The third kappa shape index (κ3) is 6.47. The second kappa shape index (κ2) is 11.8. The van der Waals surface area contributed by atoms with Crippen molar-refractivity contribution in [3.63, 3.8) is 0 Å². The molecule has 3 rings (SSSR count). The van der Waals surface area contributed by atoms with Crippen LogP contribution in [-0.2, 0) is 0 Å². The first-order chi connectivity index (χ1) is 16.0. The number of allylic oxidation sites excluding steroid dienone is 2. The largest absolute Gasteiger partial charge is 0.396 e. The van der Waals surface area contributed by atoms with Crippen LogP contribution in [0.3, 0.4) is 0 Å². The number of aliphatic hydroxyl groups excluding tert-OH is 3. The molecular formula is C30H54O4. The van der Waals surface area contributed by atoms with Crippen LogP contribution in [0.1, 0.15) is 105 Å². The molecule has 0 saturated heterocycles. The minimum absolute atomic E-state index is 0.113. The first-order valence-electron chi connectivity index (χ1n) is 14.4. The van der Waals surface area contributed by atoms with Crippen LogP contribution >= 0.6 is 0 Å². The highest BCUT2D eigenvalue weighted by Crippen LogP contribution is 2.60. The lowest BCUT2D eigenvalue weighted by Gasteiger charge is -2.46. The Morgan fingerprint density at radius 3 is 2.44 bits per heavy atom. The molecule has 34 heavy (non-hydrogen) atoms. The molecule has 10 atom stereocenters. The lowest BCUT2D eigenvalue weighted by Crippen LogP contribution is -2.45. The van der Waals surface area contributed by atoms with Crippen molar-refractivity contribution >= 4 is 0 Å². The van der Waals surface area contributed by atoms with Gasteiger partial charge < -0.3 is 20.4 Å². The monoisotopic (exact) mass is 478 g/mol. The molecule has 0 aliphatic heterocycles. The first kappa shape index (κ1) is 28.2. The van der Waals surface area contributed by atoms with Gasteiger partial charge in [-0.1, -0.05) is 52.2 Å². The molecule has 0 heterocycles. The highest BCUT2D eigenvalue weighted by atomic mass is 16.3. The molecular weight excluding hydrogens is 424 g/mol. The van der Waals surface area contributed by atoms with Gasteiger partial charge >= 0.3 is 0 Å². The molecule has 3 fully saturated rings. The number of fused-ring (bicyclic) bond motifs is 1. The van der Waals surface area contributed by atoms with Crippen molar-refractivity contribution in [3.8, 4) is 0 Å². The third-order valence-corrected chi connectivity index (χ3v) is 10.3. The zero-order chi connectivity index (χ0) is 25.1. The van der Waals surface area contributed by atoms with Crippen LogP contribution in [0.15, 0.2) is 12.2 Å². The Labute approximate surface area is 209 Å². The maximum absolute atomic E-state index is 10.9. The van der Waals surface area contributed by atoms with E-state index >= 15 is 0 Å². The topological polar surface area (TPSA) is 80.9 Å². The summed E-state index contributed by atoms with van der Waals surface area (Å²) in [5.41, 5.74) is -0.146. The zero-order valence-corrected chi connectivity index (χ0v) is 22.6. The van der Waals surface area contributed by atoms with Crippen LogP contribution < -0.4 is 0 Å². The van der Waals surface area contributed by atoms with E-state index in [4.69, 9.17) is 5.11 Å². The average Bonchev–Trinajstić information content (AvgIpc) is 3.12. The summed E-state index contributed by atoms with van der Waals surface area (Å²) < 4.78 is 0. The van der Waals surface area contributed by atoms with Gasteiger partial charge in [0.1, 0.15) is 0 Å². The fraction of sp³-hybridized carbons (Fsp3) is 0.933. The van der Waals surface area contributed by atoms with Crippen LogP contribution in [-0.4, -0.2) is 44.8 Å². The van der Waals surface area contributed by atoms with Gasteiger partial charge in [-0.05, 0) is 106 Å². The van der Waals surface area contributed by atoms with Crippen LogP contribution in [0.25, 0.3) is 0 Å². The summed E-state index contributed by atoms with van der Waals surface area (Å²) in [5, 5.41) is 40.8. The molecule has 3 aliphatic carbocycles. The number of rotatable bonds is 10. The highest BCUT2D eigenvalue weighted by Gasteiger charge is 2.51. The van der Waals surface area contributed by atoms with Gasteiger partial charge in [-0.3, -0.25) is 0 Å². The molecule has 4 nitrogen and oxygen atoms in total. The Kier molecular flexibility index (Phi) is 9.73. The molecule has 0 amide bonds. The van der Waals surface area contributed by atoms with Crippen molar-refractivity contribution in [2.75, 3.05) is 6.61 Å². The zero-order valence-electron chi connectivity index (χ0n) is 22.6. The summed E-state index contributed by atoms with van der Waals surface area (Å²) in [6.45, 7) is 11.1. The van der Waals surface area contributed by atoms with Gasteiger partial charge in [0.05, 0.1) is 17.8 Å². The van der Waals surface area contributed by atoms with E-state index in [1.165, 1.54) is 38.5 Å². The fourth-order valence-electron chi connectivity index (χ4n) is 8.28. The van der Waals surface area contributed by atoms with E-state index in [-0.39, 0.29) is 24.4 Å². The summed E-state index contributed by atoms with van der Waals surface area (Å²) in [4.78, 5) is 0. The third-order valence-electron chi connectivity index (χ3n) is 10.3. The van der Waals surface area contributed by atoms with E-state index in [0.29, 0.717) is 30.1 Å². The van der Waals surface area contributed by atoms with E-state index in [0.717, 1.165) is 31.1 Å². The molecule has 3 saturated carbocycles. The fourth-order valence-corrected chi connectivity index (χ4v) is 8.28. The highest BCUT2D eigenvalue weighted by molar-refractivity contribution is 5.09. The van der Waals surface area contributed by atoms with Crippen molar-refractivity contribution in [1.82, 2.24) is 0 Å². The lowest BCUT2D eigenvalue weighted by molar-refractivity contribution is -0.0736. The van der Waals surface area contributed by atoms with Crippen molar-refractivity contribution in [2.24, 2.45) is 46.8 Å². The minimum Gasteiger partial charge on any atom is -0.396 e. The van der Waals surface area contributed by atoms with Crippen molar-refractivity contribution in [2.45, 2.75) is 123 Å². The second-order valence-corrected chi connectivity index (χ2v) is 13.3. The van der Waals surface area contributed by atoms with Gasteiger partial charge in [0, 0.05) is 12.5 Å². The SMILES string of the molecule is CC1C(/C=C\C2CCC[C@@]3(C)C2CCC3[C@H](C)CCCC(C)(C)O)C[C@@H](O)[C@H](CCCO)[C@@H]1O. The van der Waals surface area contributed by atoms with Gasteiger partial charge in [0.25, 0.3) is 0 Å². The van der Waals surface area contributed by atoms with Crippen molar-refractivity contribution in [1.29, 1.82) is 0 Å². The Hall–Kier alpha value is -0.420. The quantitative estimate of drug-likeness (QED) is 0.303. The Morgan fingerprint density at radius 1 is 1.06 bits per heavy atom. The van der Waals surface area contributed by atoms with Crippen molar-refractivity contribution < 1.29 is 20.4 Å². The summed E-state index contributed by atoms with van der Waals surface area (Å²) >= 11 is 0. The molecule has 0 bridgehead atoms. The standard InChI is InChI=1S/C30H54O4/c1-20(9-6-16-29(3,4)34)25-14-15-26-22(10-7-17-30(25,26)5)12-13-23-19-27(32)24(11-8-18-31)28(33)21(23)2/h12-13,20-28,31-34H,6-11,14-19H2,1-5H3/b13-12-/t20-,21?,22?,23?,24+,25?,26?,27-,28-,30-/m1/s1. The minimum atomic E-state index is -0.557. The molecule has 4 N–H and O–H groups in total. The molecule has 0 aromatic carbocycles. The molecule has 0 aromatic rings. The van der Waals surface area contributed by atoms with E-state index in [1.807, 2.05) is 13.8 Å². The van der Waals surface area contributed by atoms with Crippen LogP contribution in [0.5, 0.6) is 0 Å². The molecule has 5 unspecified atom stereocenters. The van der Waals surface area contributed by atoms with Gasteiger partial charge in [-0.15, -0.1) is 0 Å². The van der Waals surface area contributed by atoms with Gasteiger partial charge in [-0.2, -0.15) is 0 Å². The summed E-state index contributed by atoms with van der Waals surface area (Å²) in [5.74, 6) is 3.09. The lowest BCUT2D eigenvalue weighted by atomic mass is 9.59. The van der Waals surface area contributed by atoms with E-state index in [2.05, 4.69) is 32.9 Å². The molecule has 3 aliphatic rings. The van der Waals surface area contributed by atoms with Crippen LogP contribution in [0.2, 0.25) is 0 Å². The average molecular weight is 479 g/mol. The van der Waals surface area contributed by atoms with E-state index in [1.54, 1.807) is 0 Å². The predicted molar refractivity (Wildman–Crippen MR) is 139 cm³/mol. The second-order valence-electron chi connectivity index (χ2n) is 13.3.